The third-order valence-electron chi connectivity index (χ3n) is 4.45. The molecule has 1 aliphatic carbocycles. The standard InChI is InChI=1S/C16H19NO5/c1-16-8-11(14(18)19)12(7-13(16)22-16)17-15(20)21-9-10-5-3-2-4-6-10/h2-6,11-13H,7-9H2,1H3,(H,17,20)(H,18,19)/t11-,12+,13-,16+/m0/s1. The Morgan fingerprint density at radius 2 is 2.14 bits per heavy atom. The number of hydrogen-bond donors (Lipinski definition) is 2. The summed E-state index contributed by atoms with van der Waals surface area (Å²) in [5.41, 5.74) is 0.545. The van der Waals surface area contributed by atoms with Gasteiger partial charge in [-0.25, -0.2) is 4.79 Å². The van der Waals surface area contributed by atoms with Gasteiger partial charge in [0.05, 0.1) is 17.6 Å². The summed E-state index contributed by atoms with van der Waals surface area (Å²) in [6.45, 7) is 2.08. The zero-order valence-electron chi connectivity index (χ0n) is 12.3. The third-order valence-corrected chi connectivity index (χ3v) is 4.45. The van der Waals surface area contributed by atoms with Gasteiger partial charge in [-0.05, 0) is 25.3 Å². The summed E-state index contributed by atoms with van der Waals surface area (Å²) in [4.78, 5) is 23.3. The number of rotatable bonds is 4. The predicted octanol–water partition coefficient (Wildman–Crippen LogP) is 1.93. The van der Waals surface area contributed by atoms with Crippen LogP contribution in [0.3, 0.4) is 0 Å². The highest BCUT2D eigenvalue weighted by molar-refractivity contribution is 5.74. The highest BCUT2D eigenvalue weighted by Crippen LogP contribution is 2.49. The monoisotopic (exact) mass is 305 g/mol. The molecule has 6 nitrogen and oxygen atoms in total. The zero-order valence-corrected chi connectivity index (χ0v) is 12.3. The van der Waals surface area contributed by atoms with Crippen molar-refractivity contribution in [2.45, 2.75) is 44.1 Å². The summed E-state index contributed by atoms with van der Waals surface area (Å²) in [5, 5.41) is 12.0. The van der Waals surface area contributed by atoms with Crippen LogP contribution in [0, 0.1) is 5.92 Å². The molecule has 0 unspecified atom stereocenters. The van der Waals surface area contributed by atoms with Crippen molar-refractivity contribution in [2.24, 2.45) is 5.92 Å². The van der Waals surface area contributed by atoms with Gasteiger partial charge in [-0.15, -0.1) is 0 Å². The smallest absolute Gasteiger partial charge is 0.407 e. The SMILES string of the molecule is C[C@@]12C[C@H](C(=O)O)[C@H](NC(=O)OCc3ccccc3)C[C@@H]1O2. The maximum absolute atomic E-state index is 11.9. The van der Waals surface area contributed by atoms with E-state index in [0.29, 0.717) is 12.8 Å². The average molecular weight is 305 g/mol. The second-order valence-corrected chi connectivity index (χ2v) is 6.12. The molecule has 22 heavy (non-hydrogen) atoms. The molecule has 0 aromatic heterocycles. The van der Waals surface area contributed by atoms with E-state index in [0.717, 1.165) is 5.56 Å². The van der Waals surface area contributed by atoms with Crippen LogP contribution in [-0.2, 0) is 20.9 Å². The van der Waals surface area contributed by atoms with Crippen molar-refractivity contribution in [2.75, 3.05) is 0 Å². The van der Waals surface area contributed by atoms with Gasteiger partial charge in [0.25, 0.3) is 0 Å². The fraction of sp³-hybridized carbons (Fsp3) is 0.500. The van der Waals surface area contributed by atoms with Crippen LogP contribution in [0.1, 0.15) is 25.3 Å². The number of nitrogens with one attached hydrogen (secondary N) is 1. The van der Waals surface area contributed by atoms with E-state index in [1.165, 1.54) is 0 Å². The number of epoxide rings is 1. The summed E-state index contributed by atoms with van der Waals surface area (Å²) < 4.78 is 10.7. The molecular weight excluding hydrogens is 286 g/mol. The first-order valence-electron chi connectivity index (χ1n) is 7.36. The lowest BCUT2D eigenvalue weighted by atomic mass is 9.79. The van der Waals surface area contributed by atoms with E-state index in [9.17, 15) is 14.7 Å². The number of carboxylic acids is 1. The molecule has 6 heteroatoms. The number of benzene rings is 1. The van der Waals surface area contributed by atoms with Gasteiger partial charge in [0, 0.05) is 6.04 Å². The van der Waals surface area contributed by atoms with E-state index in [4.69, 9.17) is 9.47 Å². The van der Waals surface area contributed by atoms with E-state index in [1.807, 2.05) is 37.3 Å². The Kier molecular flexibility index (Phi) is 3.78. The van der Waals surface area contributed by atoms with Crippen LogP contribution in [-0.4, -0.2) is 34.9 Å². The largest absolute Gasteiger partial charge is 0.481 e. The first-order valence-corrected chi connectivity index (χ1v) is 7.36. The summed E-state index contributed by atoms with van der Waals surface area (Å²) >= 11 is 0. The van der Waals surface area contributed by atoms with Crippen molar-refractivity contribution in [3.8, 4) is 0 Å². The number of fused-ring (bicyclic) bond motifs is 1. The summed E-state index contributed by atoms with van der Waals surface area (Å²) in [6, 6.07) is 8.87. The van der Waals surface area contributed by atoms with Crippen molar-refractivity contribution in [3.05, 3.63) is 35.9 Å². The number of alkyl carbamates (subject to hydrolysis) is 1. The van der Waals surface area contributed by atoms with Crippen LogP contribution in [0.4, 0.5) is 4.79 Å². The Balaban J connectivity index is 1.55. The van der Waals surface area contributed by atoms with Crippen LogP contribution in [0.25, 0.3) is 0 Å². The summed E-state index contributed by atoms with van der Waals surface area (Å²) in [5.74, 6) is -1.56. The maximum atomic E-state index is 11.9. The summed E-state index contributed by atoms with van der Waals surface area (Å²) in [6.07, 6.45) is 0.358. The zero-order chi connectivity index (χ0) is 15.7. The van der Waals surface area contributed by atoms with Crippen LogP contribution in [0.15, 0.2) is 30.3 Å². The van der Waals surface area contributed by atoms with Crippen molar-refractivity contribution in [1.29, 1.82) is 0 Å². The van der Waals surface area contributed by atoms with Gasteiger partial charge in [0.2, 0.25) is 0 Å². The Bertz CT molecular complexity index is 575. The van der Waals surface area contributed by atoms with E-state index in [-0.39, 0.29) is 18.3 Å². The lowest BCUT2D eigenvalue weighted by Crippen LogP contribution is -2.48. The Labute approximate surface area is 128 Å². The van der Waals surface area contributed by atoms with Gasteiger partial charge in [-0.3, -0.25) is 4.79 Å². The quantitative estimate of drug-likeness (QED) is 0.830. The molecule has 0 spiro atoms. The molecule has 1 aromatic carbocycles. The molecule has 0 bridgehead atoms. The Hall–Kier alpha value is -2.08. The summed E-state index contributed by atoms with van der Waals surface area (Å²) in [7, 11) is 0. The molecule has 1 aromatic rings. The fourth-order valence-electron chi connectivity index (χ4n) is 3.08. The lowest BCUT2D eigenvalue weighted by Gasteiger charge is -2.29. The highest BCUT2D eigenvalue weighted by atomic mass is 16.6. The number of aliphatic carboxylic acids is 1. The third kappa shape index (κ3) is 3.06. The molecule has 1 saturated heterocycles. The topological polar surface area (TPSA) is 88.2 Å². The number of ether oxygens (including phenoxy) is 2. The maximum Gasteiger partial charge on any atom is 0.407 e. The second kappa shape index (κ2) is 5.61. The molecule has 3 rings (SSSR count). The molecule has 4 atom stereocenters. The molecular formula is C16H19NO5. The molecule has 2 fully saturated rings. The Morgan fingerprint density at radius 1 is 1.41 bits per heavy atom. The fourth-order valence-corrected chi connectivity index (χ4v) is 3.08. The molecule has 2 aliphatic rings. The van der Waals surface area contributed by atoms with Crippen LogP contribution in [0.5, 0.6) is 0 Å². The van der Waals surface area contributed by atoms with E-state index in [1.54, 1.807) is 0 Å². The lowest BCUT2D eigenvalue weighted by molar-refractivity contribution is -0.143. The van der Waals surface area contributed by atoms with Crippen LogP contribution >= 0.6 is 0 Å². The number of carboxylic acid groups (broad SMARTS) is 1. The average Bonchev–Trinajstić information content (AvgIpc) is 3.15. The molecule has 1 heterocycles. The molecule has 1 amide bonds. The first kappa shape index (κ1) is 14.8. The first-order chi connectivity index (χ1) is 10.5. The number of carbonyl (C=O) groups is 2. The van der Waals surface area contributed by atoms with E-state index < -0.39 is 24.0 Å². The minimum Gasteiger partial charge on any atom is -0.481 e. The number of carbonyl (C=O) groups excluding carboxylic acids is 1. The predicted molar refractivity (Wildman–Crippen MR) is 77.2 cm³/mol. The van der Waals surface area contributed by atoms with Gasteiger partial charge >= 0.3 is 12.1 Å². The molecule has 2 N–H and O–H groups in total. The molecule has 1 aliphatic heterocycles. The van der Waals surface area contributed by atoms with Crippen LogP contribution in [0.2, 0.25) is 0 Å². The second-order valence-electron chi connectivity index (χ2n) is 6.12. The minimum absolute atomic E-state index is 0.0301. The molecule has 118 valence electrons. The van der Waals surface area contributed by atoms with Gasteiger partial charge in [0.1, 0.15) is 6.61 Å². The van der Waals surface area contributed by atoms with Gasteiger partial charge in [-0.2, -0.15) is 0 Å². The molecule has 0 radical (unpaired) electrons. The molecule has 1 saturated carbocycles. The van der Waals surface area contributed by atoms with Gasteiger partial charge in [-0.1, -0.05) is 30.3 Å². The van der Waals surface area contributed by atoms with Crippen molar-refractivity contribution in [1.82, 2.24) is 5.32 Å². The minimum atomic E-state index is -0.913. The van der Waals surface area contributed by atoms with Crippen molar-refractivity contribution < 1.29 is 24.2 Å². The number of hydrogen-bond acceptors (Lipinski definition) is 4. The number of amides is 1. The normalized spacial score (nSPS) is 32.7. The highest BCUT2D eigenvalue weighted by Gasteiger charge is 2.60. The Morgan fingerprint density at radius 3 is 2.82 bits per heavy atom. The van der Waals surface area contributed by atoms with E-state index in [2.05, 4.69) is 5.32 Å². The van der Waals surface area contributed by atoms with Crippen LogP contribution < -0.4 is 5.32 Å². The van der Waals surface area contributed by atoms with Gasteiger partial charge < -0.3 is 19.9 Å². The van der Waals surface area contributed by atoms with Gasteiger partial charge in [0.15, 0.2) is 0 Å². The van der Waals surface area contributed by atoms with Crippen molar-refractivity contribution >= 4 is 12.1 Å². The van der Waals surface area contributed by atoms with E-state index >= 15 is 0 Å². The van der Waals surface area contributed by atoms with Crippen molar-refractivity contribution in [3.63, 3.8) is 0 Å².